The van der Waals surface area contributed by atoms with Gasteiger partial charge < -0.3 is 5.32 Å². The highest BCUT2D eigenvalue weighted by molar-refractivity contribution is 4.79. The maximum Gasteiger partial charge on any atom is 0.0192 e. The molecule has 1 unspecified atom stereocenters. The van der Waals surface area contributed by atoms with Crippen LogP contribution >= 0.6 is 0 Å². The Morgan fingerprint density at radius 3 is 2.27 bits per heavy atom. The van der Waals surface area contributed by atoms with Gasteiger partial charge in [-0.2, -0.15) is 0 Å². The van der Waals surface area contributed by atoms with Gasteiger partial charge in [0.2, 0.25) is 0 Å². The van der Waals surface area contributed by atoms with E-state index in [0.717, 1.165) is 25.0 Å². The van der Waals surface area contributed by atoms with Crippen molar-refractivity contribution < 1.29 is 0 Å². The van der Waals surface area contributed by atoms with Crippen molar-refractivity contribution in [3.8, 4) is 0 Å². The SMILES string of the molecule is CC(C)CNCC(C)N(C)C1CCCC1. The Bertz CT molecular complexity index is 162. The zero-order valence-electron chi connectivity index (χ0n) is 10.9. The Balaban J connectivity index is 2.17. The van der Waals surface area contributed by atoms with Crippen molar-refractivity contribution in [2.45, 2.75) is 58.5 Å². The molecule has 1 aliphatic carbocycles. The van der Waals surface area contributed by atoms with Crippen molar-refractivity contribution in [2.75, 3.05) is 20.1 Å². The molecule has 0 saturated heterocycles. The van der Waals surface area contributed by atoms with Crippen LogP contribution in [0.4, 0.5) is 0 Å². The summed E-state index contributed by atoms with van der Waals surface area (Å²) in [7, 11) is 2.29. The van der Waals surface area contributed by atoms with Crippen LogP contribution < -0.4 is 5.32 Å². The van der Waals surface area contributed by atoms with Crippen LogP contribution in [-0.4, -0.2) is 37.1 Å². The van der Waals surface area contributed by atoms with Crippen molar-refractivity contribution in [1.82, 2.24) is 10.2 Å². The molecule has 2 heteroatoms. The summed E-state index contributed by atoms with van der Waals surface area (Å²) in [6.07, 6.45) is 5.68. The maximum atomic E-state index is 3.55. The van der Waals surface area contributed by atoms with E-state index in [1.54, 1.807) is 0 Å². The van der Waals surface area contributed by atoms with Crippen LogP contribution in [0.5, 0.6) is 0 Å². The lowest BCUT2D eigenvalue weighted by Crippen LogP contribution is -2.43. The lowest BCUT2D eigenvalue weighted by molar-refractivity contribution is 0.182. The minimum atomic E-state index is 0.673. The average Bonchev–Trinajstić information content (AvgIpc) is 2.68. The Morgan fingerprint density at radius 1 is 1.13 bits per heavy atom. The Labute approximate surface area is 95.4 Å². The van der Waals surface area contributed by atoms with E-state index in [1.807, 2.05) is 0 Å². The fourth-order valence-electron chi connectivity index (χ4n) is 2.40. The molecular weight excluding hydrogens is 184 g/mol. The molecule has 0 aromatic rings. The second-order valence-corrected chi connectivity index (χ2v) is 5.50. The molecular formula is C13H28N2. The van der Waals surface area contributed by atoms with Crippen molar-refractivity contribution in [2.24, 2.45) is 5.92 Å². The molecule has 1 atom stereocenters. The first-order valence-electron chi connectivity index (χ1n) is 6.54. The van der Waals surface area contributed by atoms with Gasteiger partial charge in [-0.15, -0.1) is 0 Å². The molecule has 1 rings (SSSR count). The smallest absolute Gasteiger partial charge is 0.0192 e. The molecule has 0 aliphatic heterocycles. The summed E-state index contributed by atoms with van der Waals surface area (Å²) in [5.74, 6) is 0.758. The van der Waals surface area contributed by atoms with Crippen LogP contribution in [0, 0.1) is 5.92 Å². The van der Waals surface area contributed by atoms with E-state index in [4.69, 9.17) is 0 Å². The molecule has 2 nitrogen and oxygen atoms in total. The summed E-state index contributed by atoms with van der Waals surface area (Å²) in [4.78, 5) is 2.57. The Morgan fingerprint density at radius 2 is 1.73 bits per heavy atom. The molecule has 0 aromatic carbocycles. The average molecular weight is 212 g/mol. The molecule has 15 heavy (non-hydrogen) atoms. The first-order valence-corrected chi connectivity index (χ1v) is 6.54. The molecule has 0 bridgehead atoms. The Hall–Kier alpha value is -0.0800. The van der Waals surface area contributed by atoms with E-state index in [0.29, 0.717) is 6.04 Å². The number of likely N-dealkylation sites (N-methyl/N-ethyl adjacent to an activating group) is 1. The van der Waals surface area contributed by atoms with Crippen LogP contribution in [0.2, 0.25) is 0 Å². The van der Waals surface area contributed by atoms with Crippen LogP contribution in [0.25, 0.3) is 0 Å². The maximum absolute atomic E-state index is 3.55. The van der Waals surface area contributed by atoms with Gasteiger partial charge in [0.1, 0.15) is 0 Å². The number of hydrogen-bond acceptors (Lipinski definition) is 2. The summed E-state index contributed by atoms with van der Waals surface area (Å²) < 4.78 is 0. The molecule has 0 amide bonds. The van der Waals surface area contributed by atoms with Crippen LogP contribution in [0.3, 0.4) is 0 Å². The molecule has 0 heterocycles. The molecule has 0 spiro atoms. The molecule has 0 radical (unpaired) electrons. The minimum absolute atomic E-state index is 0.673. The van der Waals surface area contributed by atoms with Gasteiger partial charge in [-0.05, 0) is 39.3 Å². The quantitative estimate of drug-likeness (QED) is 0.728. The van der Waals surface area contributed by atoms with Gasteiger partial charge in [-0.1, -0.05) is 26.7 Å². The third-order valence-electron chi connectivity index (χ3n) is 3.59. The summed E-state index contributed by atoms with van der Waals surface area (Å²) >= 11 is 0. The molecule has 0 aromatic heterocycles. The Kier molecular flexibility index (Phi) is 5.62. The van der Waals surface area contributed by atoms with E-state index >= 15 is 0 Å². The number of nitrogens with zero attached hydrogens (tertiary/aromatic N) is 1. The second-order valence-electron chi connectivity index (χ2n) is 5.50. The number of rotatable bonds is 6. The minimum Gasteiger partial charge on any atom is -0.315 e. The van der Waals surface area contributed by atoms with Crippen molar-refractivity contribution in [3.63, 3.8) is 0 Å². The molecule has 90 valence electrons. The van der Waals surface area contributed by atoms with E-state index in [2.05, 4.69) is 38.0 Å². The lowest BCUT2D eigenvalue weighted by atomic mass is 10.1. The standard InChI is InChI=1S/C13H28N2/c1-11(2)9-14-10-12(3)15(4)13-7-5-6-8-13/h11-14H,5-10H2,1-4H3. The van der Waals surface area contributed by atoms with Gasteiger partial charge in [0.05, 0.1) is 0 Å². The summed E-state index contributed by atoms with van der Waals surface area (Å²) in [6.45, 7) is 9.14. The predicted molar refractivity (Wildman–Crippen MR) is 67.2 cm³/mol. The van der Waals surface area contributed by atoms with E-state index in [9.17, 15) is 0 Å². The molecule has 1 aliphatic rings. The first kappa shape index (κ1) is 13.0. The van der Waals surface area contributed by atoms with Gasteiger partial charge in [0.25, 0.3) is 0 Å². The molecule has 1 N–H and O–H groups in total. The van der Waals surface area contributed by atoms with E-state index < -0.39 is 0 Å². The largest absolute Gasteiger partial charge is 0.315 e. The zero-order valence-corrected chi connectivity index (χ0v) is 10.9. The van der Waals surface area contributed by atoms with Crippen LogP contribution in [-0.2, 0) is 0 Å². The highest BCUT2D eigenvalue weighted by Gasteiger charge is 2.22. The predicted octanol–water partition coefficient (Wildman–Crippen LogP) is 2.49. The normalized spacial score (nSPS) is 20.4. The third kappa shape index (κ3) is 4.52. The highest BCUT2D eigenvalue weighted by atomic mass is 15.2. The van der Waals surface area contributed by atoms with Gasteiger partial charge in [0.15, 0.2) is 0 Å². The first-order chi connectivity index (χ1) is 7.11. The second kappa shape index (κ2) is 6.49. The topological polar surface area (TPSA) is 15.3 Å². The van der Waals surface area contributed by atoms with Crippen molar-refractivity contribution >= 4 is 0 Å². The third-order valence-corrected chi connectivity index (χ3v) is 3.59. The van der Waals surface area contributed by atoms with Crippen molar-refractivity contribution in [3.05, 3.63) is 0 Å². The van der Waals surface area contributed by atoms with Crippen LogP contribution in [0.1, 0.15) is 46.5 Å². The molecule has 1 fully saturated rings. The van der Waals surface area contributed by atoms with Crippen molar-refractivity contribution in [1.29, 1.82) is 0 Å². The monoisotopic (exact) mass is 212 g/mol. The van der Waals surface area contributed by atoms with Gasteiger partial charge in [0, 0.05) is 18.6 Å². The van der Waals surface area contributed by atoms with Gasteiger partial charge in [-0.25, -0.2) is 0 Å². The summed E-state index contributed by atoms with van der Waals surface area (Å²) in [6, 6.07) is 1.52. The van der Waals surface area contributed by atoms with Gasteiger partial charge >= 0.3 is 0 Å². The van der Waals surface area contributed by atoms with Crippen LogP contribution in [0.15, 0.2) is 0 Å². The fourth-order valence-corrected chi connectivity index (χ4v) is 2.40. The molecule has 1 saturated carbocycles. The van der Waals surface area contributed by atoms with E-state index in [1.165, 1.54) is 25.7 Å². The summed E-state index contributed by atoms with van der Waals surface area (Å²) in [5.41, 5.74) is 0. The number of hydrogen-bond donors (Lipinski definition) is 1. The summed E-state index contributed by atoms with van der Waals surface area (Å²) in [5, 5.41) is 3.55. The number of nitrogens with one attached hydrogen (secondary N) is 1. The highest BCUT2D eigenvalue weighted by Crippen LogP contribution is 2.23. The lowest BCUT2D eigenvalue weighted by Gasteiger charge is -2.31. The zero-order chi connectivity index (χ0) is 11.3. The van der Waals surface area contributed by atoms with E-state index in [-0.39, 0.29) is 0 Å². The fraction of sp³-hybridized carbons (Fsp3) is 1.00. The van der Waals surface area contributed by atoms with Gasteiger partial charge in [-0.3, -0.25) is 4.90 Å².